The molecule has 1 aromatic heterocycles. The number of hydrogen-bond acceptors (Lipinski definition) is 7. The van der Waals surface area contributed by atoms with Crippen LogP contribution in [0.5, 0.6) is 11.5 Å². The van der Waals surface area contributed by atoms with Crippen molar-refractivity contribution >= 4 is 17.4 Å². The summed E-state index contributed by atoms with van der Waals surface area (Å²) in [5.74, 6) is 0.892. The van der Waals surface area contributed by atoms with Crippen LogP contribution in [-0.4, -0.2) is 40.0 Å². The molecule has 3 aromatic rings. The number of hydrogen-bond donors (Lipinski definition) is 1. The Hall–Kier alpha value is -3.44. The summed E-state index contributed by atoms with van der Waals surface area (Å²) in [5, 5.41) is 19.6. The van der Waals surface area contributed by atoms with Crippen LogP contribution in [0.4, 0.5) is 0 Å². The van der Waals surface area contributed by atoms with E-state index in [-0.39, 0.29) is 25.1 Å². The van der Waals surface area contributed by atoms with Crippen molar-refractivity contribution in [3.63, 3.8) is 0 Å². The molecule has 0 fully saturated rings. The van der Waals surface area contributed by atoms with E-state index in [2.05, 4.69) is 30.1 Å². The zero-order valence-corrected chi connectivity index (χ0v) is 22.9. The van der Waals surface area contributed by atoms with Gasteiger partial charge in [0.1, 0.15) is 35.8 Å². The Kier molecular flexibility index (Phi) is 8.37. The minimum Gasteiger partial charge on any atom is -0.488 e. The number of fused-ring (bicyclic) bond motifs is 1. The van der Waals surface area contributed by atoms with Crippen LogP contribution in [0, 0.1) is 18.3 Å². The minimum atomic E-state index is -1.06. The largest absolute Gasteiger partial charge is 0.488 e. The third-order valence-electron chi connectivity index (χ3n) is 7.47. The molecule has 38 heavy (non-hydrogen) atoms. The predicted molar refractivity (Wildman–Crippen MR) is 145 cm³/mol. The highest BCUT2D eigenvalue weighted by Gasteiger charge is 2.34. The van der Waals surface area contributed by atoms with Crippen LogP contribution in [0.3, 0.4) is 0 Å². The van der Waals surface area contributed by atoms with Gasteiger partial charge < -0.3 is 14.6 Å². The van der Waals surface area contributed by atoms with Crippen molar-refractivity contribution in [1.82, 2.24) is 9.88 Å². The molecule has 0 unspecified atom stereocenters. The van der Waals surface area contributed by atoms with Crippen molar-refractivity contribution in [3.8, 4) is 17.6 Å². The highest BCUT2D eigenvalue weighted by Crippen LogP contribution is 2.41. The van der Waals surface area contributed by atoms with E-state index in [1.165, 1.54) is 29.8 Å². The summed E-state index contributed by atoms with van der Waals surface area (Å²) in [6.45, 7) is 5.43. The van der Waals surface area contributed by atoms with Crippen molar-refractivity contribution in [2.75, 3.05) is 13.7 Å². The molecule has 1 heterocycles. The zero-order valence-electron chi connectivity index (χ0n) is 22.1. The first-order chi connectivity index (χ1) is 18.2. The molecule has 7 nitrogen and oxygen atoms in total. The van der Waals surface area contributed by atoms with Crippen LogP contribution in [-0.2, 0) is 24.4 Å². The maximum atomic E-state index is 12.3. The summed E-state index contributed by atoms with van der Waals surface area (Å²) >= 11 is 6.73. The van der Waals surface area contributed by atoms with Gasteiger partial charge in [0.15, 0.2) is 5.78 Å². The summed E-state index contributed by atoms with van der Waals surface area (Å²) in [7, 11) is 1.78. The van der Waals surface area contributed by atoms with Crippen molar-refractivity contribution in [2.45, 2.75) is 58.4 Å². The Morgan fingerprint density at radius 1 is 1.29 bits per heavy atom. The van der Waals surface area contributed by atoms with Gasteiger partial charge in [-0.3, -0.25) is 14.7 Å². The Bertz CT molecular complexity index is 1390. The molecule has 0 saturated carbocycles. The number of aliphatic hydroxyl groups excluding tert-OH is 1. The third kappa shape index (κ3) is 5.68. The second-order valence-electron chi connectivity index (χ2n) is 10.0. The molecule has 0 radical (unpaired) electrons. The van der Waals surface area contributed by atoms with Crippen LogP contribution in [0.15, 0.2) is 48.8 Å². The number of nitriles is 1. The van der Waals surface area contributed by atoms with Gasteiger partial charge in [-0.15, -0.1) is 0 Å². The molecule has 1 aliphatic carbocycles. The molecule has 1 aliphatic rings. The average molecular weight is 534 g/mol. The molecule has 2 aromatic carbocycles. The molecule has 0 amide bonds. The summed E-state index contributed by atoms with van der Waals surface area (Å²) in [4.78, 5) is 18.2. The van der Waals surface area contributed by atoms with E-state index in [4.69, 9.17) is 21.1 Å². The molecule has 4 rings (SSSR count). The Morgan fingerprint density at radius 2 is 2.08 bits per heavy atom. The maximum Gasteiger partial charge on any atom is 0.152 e. The van der Waals surface area contributed by atoms with E-state index in [0.717, 1.165) is 24.0 Å². The van der Waals surface area contributed by atoms with Gasteiger partial charge >= 0.3 is 0 Å². The predicted octanol–water partition coefficient (Wildman–Crippen LogP) is 5.33. The monoisotopic (exact) mass is 533 g/mol. The van der Waals surface area contributed by atoms with E-state index < -0.39 is 5.54 Å². The number of pyridine rings is 1. The molecule has 0 spiro atoms. The third-order valence-corrected chi connectivity index (χ3v) is 7.76. The highest BCUT2D eigenvalue weighted by molar-refractivity contribution is 6.32. The fourth-order valence-electron chi connectivity index (χ4n) is 4.72. The van der Waals surface area contributed by atoms with Gasteiger partial charge in [-0.1, -0.05) is 29.8 Å². The molecule has 0 bridgehead atoms. The maximum absolute atomic E-state index is 12.3. The highest BCUT2D eigenvalue weighted by atomic mass is 35.5. The molecule has 1 N–H and O–H groups in total. The Morgan fingerprint density at radius 3 is 2.79 bits per heavy atom. The van der Waals surface area contributed by atoms with Crippen LogP contribution in [0.1, 0.15) is 59.8 Å². The number of nitrogens with zero attached hydrogens (tertiary/aromatic N) is 3. The number of ether oxygens (including phenoxy) is 2. The van der Waals surface area contributed by atoms with Crippen LogP contribution in [0.2, 0.25) is 5.02 Å². The van der Waals surface area contributed by atoms with Crippen molar-refractivity contribution in [2.24, 2.45) is 0 Å². The Labute approximate surface area is 228 Å². The molecule has 2 atom stereocenters. The molecule has 0 aliphatic heterocycles. The van der Waals surface area contributed by atoms with E-state index in [9.17, 15) is 15.2 Å². The van der Waals surface area contributed by atoms with Gasteiger partial charge in [-0.05, 0) is 69.5 Å². The number of benzene rings is 2. The second-order valence-corrected chi connectivity index (χ2v) is 10.4. The van der Waals surface area contributed by atoms with Gasteiger partial charge in [0.2, 0.25) is 0 Å². The lowest BCUT2D eigenvalue weighted by Crippen LogP contribution is -2.52. The number of ketones is 1. The van der Waals surface area contributed by atoms with Gasteiger partial charge in [0.05, 0.1) is 17.2 Å². The number of likely N-dealkylation sites (N-methyl/N-ethyl adjacent to an activating group) is 1. The van der Waals surface area contributed by atoms with E-state index in [1.54, 1.807) is 43.3 Å². The second kappa shape index (κ2) is 11.5. The minimum absolute atomic E-state index is 0.115. The first kappa shape index (κ1) is 27.6. The number of aliphatic hydroxyl groups is 1. The van der Waals surface area contributed by atoms with Gasteiger partial charge in [0, 0.05) is 36.1 Å². The topological polar surface area (TPSA) is 95.7 Å². The molecular weight excluding hydrogens is 502 g/mol. The standard InChI is InChI=1S/C30H32ClN3O4/c1-19-6-5-7-25-24(19)8-9-27(25)38-29-12-28(37-17-22-10-21(13-32)14-33-15-22)23(11-26(29)31)16-34(4)30(3,18-35)20(2)36/h5-7,10-12,14-15,27,35H,8-9,16-18H2,1-4H3/t27-,30-/m0/s1. The number of rotatable bonds is 10. The number of halogens is 1. The van der Waals surface area contributed by atoms with E-state index in [0.29, 0.717) is 28.6 Å². The first-order valence-corrected chi connectivity index (χ1v) is 12.9. The number of Topliss-reactive ketones (excluding diaryl/α,β-unsaturated/α-hetero) is 1. The lowest BCUT2D eigenvalue weighted by atomic mass is 9.96. The molecule has 198 valence electrons. The van der Waals surface area contributed by atoms with Gasteiger partial charge in [0.25, 0.3) is 0 Å². The number of aryl methyl sites for hydroxylation is 1. The molecular formula is C30H32ClN3O4. The van der Waals surface area contributed by atoms with Crippen molar-refractivity contribution in [3.05, 3.63) is 87.2 Å². The van der Waals surface area contributed by atoms with E-state index in [1.807, 2.05) is 6.07 Å². The number of aromatic nitrogens is 1. The molecule has 8 heteroatoms. The quantitative estimate of drug-likeness (QED) is 0.376. The first-order valence-electron chi connectivity index (χ1n) is 12.5. The smallest absolute Gasteiger partial charge is 0.152 e. The lowest BCUT2D eigenvalue weighted by Gasteiger charge is -2.35. The Balaban J connectivity index is 1.66. The van der Waals surface area contributed by atoms with Crippen LogP contribution in [0.25, 0.3) is 0 Å². The van der Waals surface area contributed by atoms with Crippen LogP contribution >= 0.6 is 11.6 Å². The summed E-state index contributed by atoms with van der Waals surface area (Å²) in [5.41, 5.74) is 4.61. The zero-order chi connectivity index (χ0) is 27.4. The number of carbonyl (C=O) groups excluding carboxylic acids is 1. The summed E-state index contributed by atoms with van der Waals surface area (Å²) in [6, 6.07) is 13.6. The van der Waals surface area contributed by atoms with Gasteiger partial charge in [-0.25, -0.2) is 0 Å². The van der Waals surface area contributed by atoms with Gasteiger partial charge in [-0.2, -0.15) is 5.26 Å². The SMILES string of the molecule is CC(=O)[C@](C)(CO)N(C)Cc1cc(Cl)c(O[C@H]2CCc3c(C)cccc32)cc1OCc1cncc(C#N)c1. The normalized spacial score (nSPS) is 16.0. The summed E-state index contributed by atoms with van der Waals surface area (Å²) in [6.07, 6.45) is 4.84. The molecule has 0 saturated heterocycles. The fraction of sp³-hybridized carbons (Fsp3) is 0.367. The lowest BCUT2D eigenvalue weighted by molar-refractivity contribution is -0.130. The fourth-order valence-corrected chi connectivity index (χ4v) is 4.95. The number of carbonyl (C=O) groups is 1. The average Bonchev–Trinajstić information content (AvgIpc) is 3.32. The van der Waals surface area contributed by atoms with E-state index >= 15 is 0 Å². The van der Waals surface area contributed by atoms with Crippen molar-refractivity contribution < 1.29 is 19.4 Å². The summed E-state index contributed by atoms with van der Waals surface area (Å²) < 4.78 is 12.6. The van der Waals surface area contributed by atoms with Crippen LogP contribution < -0.4 is 9.47 Å². The van der Waals surface area contributed by atoms with Crippen molar-refractivity contribution in [1.29, 1.82) is 5.26 Å².